The van der Waals surface area contributed by atoms with E-state index >= 15 is 0 Å². The van der Waals surface area contributed by atoms with Crippen LogP contribution in [0.3, 0.4) is 0 Å². The average molecular weight is 305 g/mol. The molecule has 0 N–H and O–H groups in total. The van der Waals surface area contributed by atoms with Crippen molar-refractivity contribution in [1.29, 1.82) is 0 Å². The van der Waals surface area contributed by atoms with Crippen molar-refractivity contribution in [3.63, 3.8) is 0 Å². The Hall–Kier alpha value is -1.11. The van der Waals surface area contributed by atoms with Gasteiger partial charge in [-0.25, -0.2) is 13.2 Å². The lowest BCUT2D eigenvalue weighted by Crippen LogP contribution is -2.53. The molecule has 1 aliphatic heterocycles. The predicted molar refractivity (Wildman–Crippen MR) is 74.8 cm³/mol. The first-order chi connectivity index (χ1) is 8.99. The Bertz CT molecular complexity index is 491. The van der Waals surface area contributed by atoms with Gasteiger partial charge in [-0.1, -0.05) is 20.8 Å². The fourth-order valence-corrected chi connectivity index (χ4v) is 4.04. The molecule has 1 amide bonds. The Labute approximate surface area is 120 Å². The van der Waals surface area contributed by atoms with Crippen LogP contribution in [0, 0.1) is 5.41 Å². The molecule has 20 heavy (non-hydrogen) atoms. The first kappa shape index (κ1) is 16.9. The van der Waals surface area contributed by atoms with Crippen molar-refractivity contribution in [3.8, 4) is 0 Å². The third kappa shape index (κ3) is 3.71. The second kappa shape index (κ2) is 5.71. The second-order valence-electron chi connectivity index (χ2n) is 6.22. The molecule has 0 saturated carbocycles. The van der Waals surface area contributed by atoms with Gasteiger partial charge in [0.2, 0.25) is 5.91 Å². The summed E-state index contributed by atoms with van der Waals surface area (Å²) < 4.78 is 27.9. The smallest absolute Gasteiger partial charge is 0.328 e. The van der Waals surface area contributed by atoms with Crippen molar-refractivity contribution in [2.24, 2.45) is 5.41 Å². The van der Waals surface area contributed by atoms with Gasteiger partial charge >= 0.3 is 5.97 Å². The zero-order valence-electron chi connectivity index (χ0n) is 12.7. The monoisotopic (exact) mass is 305 g/mol. The lowest BCUT2D eigenvalue weighted by atomic mass is 9.92. The molecular weight excluding hydrogens is 282 g/mol. The molecule has 0 aromatic heterocycles. The highest BCUT2D eigenvalue weighted by Crippen LogP contribution is 2.26. The van der Waals surface area contributed by atoms with Crippen molar-refractivity contribution in [2.75, 3.05) is 18.6 Å². The van der Waals surface area contributed by atoms with E-state index in [2.05, 4.69) is 4.74 Å². The molecule has 0 unspecified atom stereocenters. The summed E-state index contributed by atoms with van der Waals surface area (Å²) in [5.74, 6) is -0.806. The Balaban J connectivity index is 3.09. The average Bonchev–Trinajstić information content (AvgIpc) is 2.67. The lowest BCUT2D eigenvalue weighted by molar-refractivity contribution is -0.157. The topological polar surface area (TPSA) is 80.8 Å². The highest BCUT2D eigenvalue weighted by molar-refractivity contribution is 7.91. The van der Waals surface area contributed by atoms with E-state index < -0.39 is 33.3 Å². The molecule has 2 atom stereocenters. The van der Waals surface area contributed by atoms with Crippen LogP contribution in [0.15, 0.2) is 0 Å². The summed E-state index contributed by atoms with van der Waals surface area (Å²) in [4.78, 5) is 25.7. The number of methoxy groups -OCH3 is 1. The minimum atomic E-state index is -3.13. The van der Waals surface area contributed by atoms with Crippen LogP contribution >= 0.6 is 0 Å². The molecule has 0 bridgehead atoms. The zero-order chi connectivity index (χ0) is 15.7. The fraction of sp³-hybridized carbons (Fsp3) is 0.846. The SMILES string of the molecule is COC(=O)[C@@H](C)N(C(=O)C(C)(C)C)[C@@H]1CCS(=O)(=O)C1. The summed E-state index contributed by atoms with van der Waals surface area (Å²) in [6, 6.07) is -1.24. The summed E-state index contributed by atoms with van der Waals surface area (Å²) in [6.07, 6.45) is 0.367. The molecule has 116 valence electrons. The largest absolute Gasteiger partial charge is 0.467 e. The normalized spacial score (nSPS) is 23.1. The van der Waals surface area contributed by atoms with Gasteiger partial charge in [0.1, 0.15) is 6.04 Å². The van der Waals surface area contributed by atoms with E-state index in [9.17, 15) is 18.0 Å². The molecule has 0 aromatic rings. The number of hydrogen-bond donors (Lipinski definition) is 0. The summed E-state index contributed by atoms with van der Waals surface area (Å²) in [6.45, 7) is 6.81. The van der Waals surface area contributed by atoms with E-state index in [0.29, 0.717) is 6.42 Å². The van der Waals surface area contributed by atoms with Crippen LogP contribution in [0.1, 0.15) is 34.1 Å². The van der Waals surface area contributed by atoms with Gasteiger partial charge in [-0.3, -0.25) is 4.79 Å². The molecule has 1 fully saturated rings. The van der Waals surface area contributed by atoms with E-state index in [0.717, 1.165) is 0 Å². The van der Waals surface area contributed by atoms with Crippen LogP contribution in [0.2, 0.25) is 0 Å². The van der Waals surface area contributed by atoms with Gasteiger partial charge in [-0.15, -0.1) is 0 Å². The molecule has 1 heterocycles. The van der Waals surface area contributed by atoms with Crippen LogP contribution in [0.25, 0.3) is 0 Å². The molecule has 0 aromatic carbocycles. The number of rotatable bonds is 3. The Morgan fingerprint density at radius 1 is 1.30 bits per heavy atom. The molecule has 0 spiro atoms. The van der Waals surface area contributed by atoms with Gasteiger partial charge in [0.15, 0.2) is 9.84 Å². The van der Waals surface area contributed by atoms with Gasteiger partial charge < -0.3 is 9.64 Å². The summed E-state index contributed by atoms with van der Waals surface area (Å²) in [7, 11) is -1.88. The lowest BCUT2D eigenvalue weighted by Gasteiger charge is -2.36. The summed E-state index contributed by atoms with van der Waals surface area (Å²) in [5.41, 5.74) is -0.686. The predicted octanol–water partition coefficient (Wildman–Crippen LogP) is 0.610. The number of amides is 1. The zero-order valence-corrected chi connectivity index (χ0v) is 13.5. The Kier molecular flexibility index (Phi) is 4.84. The molecule has 6 nitrogen and oxygen atoms in total. The summed E-state index contributed by atoms with van der Waals surface area (Å²) >= 11 is 0. The van der Waals surface area contributed by atoms with Crippen LogP contribution in [0.5, 0.6) is 0 Å². The third-order valence-corrected chi connectivity index (χ3v) is 5.19. The van der Waals surface area contributed by atoms with Crippen LogP contribution in [-0.2, 0) is 24.2 Å². The van der Waals surface area contributed by atoms with E-state index in [4.69, 9.17) is 0 Å². The van der Waals surface area contributed by atoms with Crippen molar-refractivity contribution in [3.05, 3.63) is 0 Å². The first-order valence-corrected chi connectivity index (χ1v) is 8.43. The van der Waals surface area contributed by atoms with E-state index in [-0.39, 0.29) is 17.4 Å². The number of ether oxygens (including phenoxy) is 1. The molecule has 0 radical (unpaired) electrons. The molecule has 1 aliphatic rings. The number of sulfone groups is 1. The first-order valence-electron chi connectivity index (χ1n) is 6.60. The highest BCUT2D eigenvalue weighted by Gasteiger charge is 2.42. The van der Waals surface area contributed by atoms with Crippen molar-refractivity contribution < 1.29 is 22.7 Å². The maximum absolute atomic E-state index is 12.5. The van der Waals surface area contributed by atoms with Gasteiger partial charge in [-0.05, 0) is 13.3 Å². The molecule has 1 saturated heterocycles. The van der Waals surface area contributed by atoms with E-state index in [1.54, 1.807) is 27.7 Å². The molecular formula is C13H23NO5S. The molecule has 1 rings (SSSR count). The standard InChI is InChI=1S/C13H23NO5S/c1-9(11(15)19-5)14(12(16)13(2,3)4)10-6-7-20(17,18)8-10/h9-10H,6-8H2,1-5H3/t9-,10-/m1/s1. The van der Waals surface area contributed by atoms with Gasteiger partial charge in [0.05, 0.1) is 18.6 Å². The van der Waals surface area contributed by atoms with Crippen molar-refractivity contribution >= 4 is 21.7 Å². The van der Waals surface area contributed by atoms with Crippen molar-refractivity contribution in [2.45, 2.75) is 46.2 Å². The van der Waals surface area contributed by atoms with Crippen LogP contribution < -0.4 is 0 Å². The number of esters is 1. The van der Waals surface area contributed by atoms with E-state index in [1.807, 2.05) is 0 Å². The quantitative estimate of drug-likeness (QED) is 0.714. The number of nitrogens with zero attached hydrogens (tertiary/aromatic N) is 1. The van der Waals surface area contributed by atoms with E-state index in [1.165, 1.54) is 12.0 Å². The number of hydrogen-bond acceptors (Lipinski definition) is 5. The number of carbonyl (C=O) groups is 2. The maximum Gasteiger partial charge on any atom is 0.328 e. The highest BCUT2D eigenvalue weighted by atomic mass is 32.2. The van der Waals surface area contributed by atoms with Crippen LogP contribution in [-0.4, -0.2) is 55.9 Å². The maximum atomic E-state index is 12.5. The minimum Gasteiger partial charge on any atom is -0.467 e. The Morgan fingerprint density at radius 2 is 1.85 bits per heavy atom. The van der Waals surface area contributed by atoms with Gasteiger partial charge in [-0.2, -0.15) is 0 Å². The molecule has 0 aliphatic carbocycles. The van der Waals surface area contributed by atoms with Crippen LogP contribution in [0.4, 0.5) is 0 Å². The van der Waals surface area contributed by atoms with Gasteiger partial charge in [0, 0.05) is 11.5 Å². The van der Waals surface area contributed by atoms with Crippen molar-refractivity contribution in [1.82, 2.24) is 4.90 Å². The summed E-state index contributed by atoms with van der Waals surface area (Å²) in [5, 5.41) is 0. The third-order valence-electron chi connectivity index (χ3n) is 3.44. The minimum absolute atomic E-state index is 0.0550. The molecule has 7 heteroatoms. The second-order valence-corrected chi connectivity index (χ2v) is 8.45. The Morgan fingerprint density at radius 3 is 2.20 bits per heavy atom. The fourth-order valence-electron chi connectivity index (χ4n) is 2.32. The van der Waals surface area contributed by atoms with Gasteiger partial charge in [0.25, 0.3) is 0 Å². The number of carbonyl (C=O) groups excluding carboxylic acids is 2.